The molecule has 0 saturated heterocycles. The zero-order chi connectivity index (χ0) is 6.69. The molecule has 0 aromatic heterocycles. The lowest BCUT2D eigenvalue weighted by molar-refractivity contribution is -0.117. The maximum Gasteiger partial charge on any atom is 0.260 e. The third kappa shape index (κ3) is 1.29. The van der Waals surface area contributed by atoms with Crippen molar-refractivity contribution in [2.45, 2.75) is 19.3 Å². The van der Waals surface area contributed by atoms with Crippen LogP contribution in [0.25, 0.3) is 0 Å². The molecule has 0 spiro atoms. The second-order valence-corrected chi connectivity index (χ2v) is 2.10. The van der Waals surface area contributed by atoms with E-state index in [2.05, 4.69) is 5.43 Å². The number of rotatable bonds is 1. The molecule has 0 fully saturated rings. The van der Waals surface area contributed by atoms with E-state index in [0.29, 0.717) is 0 Å². The summed E-state index contributed by atoms with van der Waals surface area (Å²) >= 11 is 0. The van der Waals surface area contributed by atoms with E-state index in [0.717, 1.165) is 24.8 Å². The Kier molecular flexibility index (Phi) is 1.85. The molecule has 50 valence electrons. The first-order chi connectivity index (χ1) is 4.34. The molecule has 0 saturated carbocycles. The van der Waals surface area contributed by atoms with Crippen molar-refractivity contribution in [3.8, 4) is 0 Å². The van der Waals surface area contributed by atoms with Crippen LogP contribution in [0.5, 0.6) is 0 Å². The van der Waals surface area contributed by atoms with E-state index in [1.54, 1.807) is 0 Å². The average Bonchev–Trinajstić information content (AvgIpc) is 2.37. The molecule has 1 amide bonds. The van der Waals surface area contributed by atoms with Gasteiger partial charge in [-0.05, 0) is 19.3 Å². The largest absolute Gasteiger partial charge is 0.290 e. The Labute approximate surface area is 53.9 Å². The van der Waals surface area contributed by atoms with Crippen molar-refractivity contribution < 1.29 is 4.79 Å². The van der Waals surface area contributed by atoms with E-state index in [9.17, 15) is 4.79 Å². The number of nitrogens with two attached hydrogens (primary N) is 1. The third-order valence-electron chi connectivity index (χ3n) is 1.46. The molecule has 9 heavy (non-hydrogen) atoms. The van der Waals surface area contributed by atoms with Gasteiger partial charge < -0.3 is 0 Å². The van der Waals surface area contributed by atoms with Gasteiger partial charge in [-0.2, -0.15) is 0 Å². The van der Waals surface area contributed by atoms with Gasteiger partial charge in [0.2, 0.25) is 0 Å². The Morgan fingerprint density at radius 3 is 3.00 bits per heavy atom. The Hall–Kier alpha value is -0.830. The molecule has 3 N–H and O–H groups in total. The summed E-state index contributed by atoms with van der Waals surface area (Å²) in [6.07, 6.45) is 4.91. The summed E-state index contributed by atoms with van der Waals surface area (Å²) in [6.45, 7) is 0. The molecule has 1 rings (SSSR count). The Morgan fingerprint density at radius 1 is 1.78 bits per heavy atom. The van der Waals surface area contributed by atoms with Gasteiger partial charge in [-0.1, -0.05) is 6.08 Å². The fourth-order valence-corrected chi connectivity index (χ4v) is 0.970. The minimum atomic E-state index is -0.132. The van der Waals surface area contributed by atoms with E-state index in [1.165, 1.54) is 0 Å². The first kappa shape index (κ1) is 6.29. The monoisotopic (exact) mass is 126 g/mol. The number of nitrogens with one attached hydrogen (secondary N) is 1. The Morgan fingerprint density at radius 2 is 2.56 bits per heavy atom. The van der Waals surface area contributed by atoms with Gasteiger partial charge in [-0.3, -0.25) is 10.2 Å². The highest BCUT2D eigenvalue weighted by molar-refractivity contribution is 5.93. The van der Waals surface area contributed by atoms with Crippen LogP contribution in [0.4, 0.5) is 0 Å². The molecule has 0 unspecified atom stereocenters. The van der Waals surface area contributed by atoms with Crippen molar-refractivity contribution in [1.29, 1.82) is 0 Å². The van der Waals surface area contributed by atoms with E-state index in [1.807, 2.05) is 6.08 Å². The molecular weight excluding hydrogens is 116 g/mol. The van der Waals surface area contributed by atoms with Gasteiger partial charge in [0.05, 0.1) is 0 Å². The minimum Gasteiger partial charge on any atom is -0.290 e. The SMILES string of the molecule is NNC(=O)C1=CCCC1. The van der Waals surface area contributed by atoms with Crippen LogP contribution in [0.3, 0.4) is 0 Å². The number of hydrogen-bond acceptors (Lipinski definition) is 2. The number of allylic oxidation sites excluding steroid dienone is 1. The van der Waals surface area contributed by atoms with Gasteiger partial charge >= 0.3 is 0 Å². The highest BCUT2D eigenvalue weighted by atomic mass is 16.2. The van der Waals surface area contributed by atoms with E-state index < -0.39 is 0 Å². The van der Waals surface area contributed by atoms with Crippen LogP contribution < -0.4 is 11.3 Å². The molecule has 3 heteroatoms. The smallest absolute Gasteiger partial charge is 0.260 e. The van der Waals surface area contributed by atoms with E-state index in [4.69, 9.17) is 5.84 Å². The summed E-state index contributed by atoms with van der Waals surface area (Å²) in [5.74, 6) is 4.78. The average molecular weight is 126 g/mol. The lowest BCUT2D eigenvalue weighted by Gasteiger charge is -1.96. The fourth-order valence-electron chi connectivity index (χ4n) is 0.970. The molecule has 0 heterocycles. The highest BCUT2D eigenvalue weighted by Crippen LogP contribution is 2.16. The summed E-state index contributed by atoms with van der Waals surface area (Å²) in [5, 5.41) is 0. The van der Waals surface area contributed by atoms with Crippen molar-refractivity contribution in [3.63, 3.8) is 0 Å². The summed E-state index contributed by atoms with van der Waals surface area (Å²) in [5.41, 5.74) is 2.93. The molecule has 0 bridgehead atoms. The topological polar surface area (TPSA) is 55.1 Å². The van der Waals surface area contributed by atoms with Crippen LogP contribution >= 0.6 is 0 Å². The van der Waals surface area contributed by atoms with Gasteiger partial charge in [0.15, 0.2) is 0 Å². The molecule has 1 aliphatic rings. The summed E-state index contributed by atoms with van der Waals surface area (Å²) in [4.78, 5) is 10.7. The Balaban J connectivity index is 2.51. The molecule has 0 aromatic rings. The predicted molar refractivity (Wildman–Crippen MR) is 34.3 cm³/mol. The van der Waals surface area contributed by atoms with Crippen LogP contribution in [-0.4, -0.2) is 5.91 Å². The number of carbonyl (C=O) groups is 1. The molecule has 0 radical (unpaired) electrons. The fraction of sp³-hybridized carbons (Fsp3) is 0.500. The van der Waals surface area contributed by atoms with Crippen molar-refractivity contribution in [2.24, 2.45) is 5.84 Å². The second-order valence-electron chi connectivity index (χ2n) is 2.10. The summed E-state index contributed by atoms with van der Waals surface area (Å²) < 4.78 is 0. The van der Waals surface area contributed by atoms with Gasteiger partial charge in [-0.15, -0.1) is 0 Å². The number of amides is 1. The van der Waals surface area contributed by atoms with Crippen molar-refractivity contribution in [3.05, 3.63) is 11.6 Å². The number of hydrazine groups is 1. The van der Waals surface area contributed by atoms with Crippen LogP contribution in [0.2, 0.25) is 0 Å². The Bertz CT molecular complexity index is 151. The first-order valence-electron chi connectivity index (χ1n) is 3.04. The lowest BCUT2D eigenvalue weighted by Crippen LogP contribution is -2.30. The zero-order valence-electron chi connectivity index (χ0n) is 5.18. The minimum absolute atomic E-state index is 0.132. The summed E-state index contributed by atoms with van der Waals surface area (Å²) in [7, 11) is 0. The van der Waals surface area contributed by atoms with Crippen LogP contribution in [0, 0.1) is 0 Å². The van der Waals surface area contributed by atoms with Crippen molar-refractivity contribution in [1.82, 2.24) is 5.43 Å². The van der Waals surface area contributed by atoms with Gasteiger partial charge in [0, 0.05) is 5.57 Å². The van der Waals surface area contributed by atoms with Crippen LogP contribution in [0.1, 0.15) is 19.3 Å². The summed E-state index contributed by atoms with van der Waals surface area (Å²) in [6, 6.07) is 0. The van der Waals surface area contributed by atoms with Crippen molar-refractivity contribution in [2.75, 3.05) is 0 Å². The van der Waals surface area contributed by atoms with E-state index >= 15 is 0 Å². The zero-order valence-corrected chi connectivity index (χ0v) is 5.18. The highest BCUT2D eigenvalue weighted by Gasteiger charge is 2.10. The van der Waals surface area contributed by atoms with E-state index in [-0.39, 0.29) is 5.91 Å². The molecule has 1 aliphatic carbocycles. The number of carbonyl (C=O) groups excluding carboxylic acids is 1. The quantitative estimate of drug-likeness (QED) is 0.297. The molecule has 0 atom stereocenters. The third-order valence-corrected chi connectivity index (χ3v) is 1.46. The lowest BCUT2D eigenvalue weighted by atomic mass is 10.2. The second kappa shape index (κ2) is 2.64. The maximum atomic E-state index is 10.7. The number of hydrogen-bond donors (Lipinski definition) is 2. The van der Waals surface area contributed by atoms with Crippen LogP contribution in [-0.2, 0) is 4.79 Å². The first-order valence-corrected chi connectivity index (χ1v) is 3.04. The normalized spacial score (nSPS) is 17.2. The molecule has 0 aliphatic heterocycles. The molecular formula is C6H10N2O. The van der Waals surface area contributed by atoms with Gasteiger partial charge in [0.1, 0.15) is 0 Å². The van der Waals surface area contributed by atoms with Gasteiger partial charge in [-0.25, -0.2) is 5.84 Å². The maximum absolute atomic E-state index is 10.7. The standard InChI is InChI=1S/C6H10N2O/c7-8-6(9)5-3-1-2-4-5/h3H,1-2,4,7H2,(H,8,9). The molecule has 3 nitrogen and oxygen atoms in total. The van der Waals surface area contributed by atoms with Crippen LogP contribution in [0.15, 0.2) is 11.6 Å². The molecule has 0 aromatic carbocycles. The van der Waals surface area contributed by atoms with Crippen molar-refractivity contribution >= 4 is 5.91 Å². The van der Waals surface area contributed by atoms with Gasteiger partial charge in [0.25, 0.3) is 5.91 Å². The predicted octanol–water partition coefficient (Wildman–Crippen LogP) is 0.0866.